The molecule has 1 saturated heterocycles. The summed E-state index contributed by atoms with van der Waals surface area (Å²) in [4.78, 5) is 25.2. The van der Waals surface area contributed by atoms with Crippen molar-refractivity contribution < 1.29 is 24.2 Å². The molecule has 1 atom stereocenters. The van der Waals surface area contributed by atoms with E-state index in [1.54, 1.807) is 12.1 Å². The van der Waals surface area contributed by atoms with Gasteiger partial charge in [0.2, 0.25) is 0 Å². The molecule has 0 spiro atoms. The van der Waals surface area contributed by atoms with Crippen LogP contribution in [0.3, 0.4) is 0 Å². The van der Waals surface area contributed by atoms with Gasteiger partial charge in [0.25, 0.3) is 5.91 Å². The maximum atomic E-state index is 12.2. The maximum absolute atomic E-state index is 12.2. The number of hydrogen-bond acceptors (Lipinski definition) is 5. The third-order valence-corrected chi connectivity index (χ3v) is 7.76. The molecule has 3 aromatic carbocycles. The van der Waals surface area contributed by atoms with E-state index in [1.807, 2.05) is 12.1 Å². The SMILES string of the molecule is CC(CCc1ccc(C(=O)NCCC(=O)O)cc1)COc1ccc(-c2ccc(C(C)C)cc2)c(CN2CCOCC2)c1. The molecule has 1 fully saturated rings. The summed E-state index contributed by atoms with van der Waals surface area (Å²) in [5.74, 6) is 0.575. The predicted molar refractivity (Wildman–Crippen MR) is 166 cm³/mol. The fraction of sp³-hybridized carbons (Fsp3) is 0.429. The molecule has 1 heterocycles. The number of amides is 1. The van der Waals surface area contributed by atoms with E-state index in [4.69, 9.17) is 14.6 Å². The Bertz CT molecular complexity index is 1300. The topological polar surface area (TPSA) is 88.1 Å². The molecule has 3 aromatic rings. The summed E-state index contributed by atoms with van der Waals surface area (Å²) in [5, 5.41) is 11.4. The summed E-state index contributed by atoms with van der Waals surface area (Å²) >= 11 is 0. The van der Waals surface area contributed by atoms with Crippen LogP contribution >= 0.6 is 0 Å². The van der Waals surface area contributed by atoms with Crippen LogP contribution in [0.4, 0.5) is 0 Å². The average Bonchev–Trinajstić information content (AvgIpc) is 2.99. The van der Waals surface area contributed by atoms with Crippen molar-refractivity contribution >= 4 is 11.9 Å². The van der Waals surface area contributed by atoms with E-state index in [-0.39, 0.29) is 18.9 Å². The van der Waals surface area contributed by atoms with Crippen molar-refractivity contribution in [3.05, 3.63) is 89.0 Å². The molecular formula is C35H44N2O5. The van der Waals surface area contributed by atoms with Crippen LogP contribution in [0.15, 0.2) is 66.7 Å². The highest BCUT2D eigenvalue weighted by molar-refractivity contribution is 5.94. The van der Waals surface area contributed by atoms with Gasteiger partial charge in [-0.05, 0) is 76.8 Å². The summed E-state index contributed by atoms with van der Waals surface area (Å²) in [6.45, 7) is 11.7. The third kappa shape index (κ3) is 9.43. The molecule has 7 nitrogen and oxygen atoms in total. The lowest BCUT2D eigenvalue weighted by Crippen LogP contribution is -2.35. The third-order valence-electron chi connectivity index (χ3n) is 7.76. The molecule has 0 radical (unpaired) electrons. The van der Waals surface area contributed by atoms with Gasteiger partial charge in [-0.2, -0.15) is 0 Å². The first kappa shape index (κ1) is 31.3. The van der Waals surface area contributed by atoms with E-state index in [9.17, 15) is 9.59 Å². The normalized spacial score (nSPS) is 14.5. The number of carbonyl (C=O) groups excluding carboxylic acids is 1. The molecule has 0 aromatic heterocycles. The zero-order valence-electron chi connectivity index (χ0n) is 25.1. The van der Waals surface area contributed by atoms with Crippen molar-refractivity contribution in [1.82, 2.24) is 10.2 Å². The molecule has 1 aliphatic rings. The van der Waals surface area contributed by atoms with Gasteiger partial charge < -0.3 is 19.9 Å². The summed E-state index contributed by atoms with van der Waals surface area (Å²) in [6, 6.07) is 22.9. The van der Waals surface area contributed by atoms with E-state index >= 15 is 0 Å². The summed E-state index contributed by atoms with van der Waals surface area (Å²) in [7, 11) is 0. The monoisotopic (exact) mass is 572 g/mol. The number of aryl methyl sites for hydroxylation is 1. The van der Waals surface area contributed by atoms with Crippen molar-refractivity contribution in [3.8, 4) is 16.9 Å². The van der Waals surface area contributed by atoms with Crippen LogP contribution in [-0.2, 0) is 22.5 Å². The van der Waals surface area contributed by atoms with Crippen molar-refractivity contribution in [1.29, 1.82) is 0 Å². The van der Waals surface area contributed by atoms with E-state index in [2.05, 4.69) is 73.5 Å². The average molecular weight is 573 g/mol. The van der Waals surface area contributed by atoms with Crippen LogP contribution in [0.25, 0.3) is 11.1 Å². The molecular weight excluding hydrogens is 528 g/mol. The molecule has 1 aliphatic heterocycles. The minimum absolute atomic E-state index is 0.0880. The van der Waals surface area contributed by atoms with Crippen LogP contribution in [-0.4, -0.2) is 61.3 Å². The van der Waals surface area contributed by atoms with E-state index in [0.717, 1.165) is 57.0 Å². The minimum atomic E-state index is -0.929. The summed E-state index contributed by atoms with van der Waals surface area (Å²) in [5.41, 5.74) is 6.78. The quantitative estimate of drug-likeness (QED) is 0.241. The number of nitrogens with one attached hydrogen (secondary N) is 1. The lowest BCUT2D eigenvalue weighted by molar-refractivity contribution is -0.136. The summed E-state index contributed by atoms with van der Waals surface area (Å²) < 4.78 is 11.9. The fourth-order valence-electron chi connectivity index (χ4n) is 5.06. The number of rotatable bonds is 14. The Kier molecular flexibility index (Phi) is 11.6. The predicted octanol–water partition coefficient (Wildman–Crippen LogP) is 6.16. The Hall–Kier alpha value is -3.68. The lowest BCUT2D eigenvalue weighted by atomic mass is 9.95. The zero-order chi connectivity index (χ0) is 29.9. The van der Waals surface area contributed by atoms with Crippen LogP contribution in [0.1, 0.15) is 66.6 Å². The Morgan fingerprint density at radius 2 is 1.69 bits per heavy atom. The zero-order valence-corrected chi connectivity index (χ0v) is 25.1. The first-order chi connectivity index (χ1) is 20.3. The number of carboxylic acids is 1. The molecule has 0 aliphatic carbocycles. The molecule has 2 N–H and O–H groups in total. The number of carboxylic acid groups (broad SMARTS) is 1. The van der Waals surface area contributed by atoms with E-state index < -0.39 is 5.97 Å². The fourth-order valence-corrected chi connectivity index (χ4v) is 5.06. The second kappa shape index (κ2) is 15.5. The Morgan fingerprint density at radius 3 is 2.36 bits per heavy atom. The molecule has 4 rings (SSSR count). The van der Waals surface area contributed by atoms with Gasteiger partial charge in [-0.25, -0.2) is 0 Å². The van der Waals surface area contributed by atoms with Gasteiger partial charge in [-0.1, -0.05) is 63.2 Å². The molecule has 42 heavy (non-hydrogen) atoms. The second-order valence-electron chi connectivity index (χ2n) is 11.5. The van der Waals surface area contributed by atoms with Gasteiger partial charge >= 0.3 is 5.97 Å². The van der Waals surface area contributed by atoms with Crippen molar-refractivity contribution in [2.75, 3.05) is 39.5 Å². The molecule has 1 unspecified atom stereocenters. The molecule has 1 amide bonds. The number of morpholine rings is 1. The first-order valence-electron chi connectivity index (χ1n) is 15.0. The van der Waals surface area contributed by atoms with Crippen molar-refractivity contribution in [3.63, 3.8) is 0 Å². The van der Waals surface area contributed by atoms with E-state index in [1.165, 1.54) is 22.3 Å². The molecule has 224 valence electrons. The largest absolute Gasteiger partial charge is 0.493 e. The van der Waals surface area contributed by atoms with Gasteiger partial charge in [0, 0.05) is 31.7 Å². The van der Waals surface area contributed by atoms with Gasteiger partial charge in [-0.15, -0.1) is 0 Å². The van der Waals surface area contributed by atoms with Crippen LogP contribution < -0.4 is 10.1 Å². The number of benzene rings is 3. The van der Waals surface area contributed by atoms with Gasteiger partial charge in [0.15, 0.2) is 0 Å². The number of carbonyl (C=O) groups is 2. The second-order valence-corrected chi connectivity index (χ2v) is 11.5. The van der Waals surface area contributed by atoms with Crippen LogP contribution in [0, 0.1) is 5.92 Å². The molecule has 0 bridgehead atoms. The Morgan fingerprint density at radius 1 is 0.976 bits per heavy atom. The highest BCUT2D eigenvalue weighted by Crippen LogP contribution is 2.30. The maximum Gasteiger partial charge on any atom is 0.305 e. The number of aliphatic carboxylic acids is 1. The van der Waals surface area contributed by atoms with E-state index in [0.29, 0.717) is 24.0 Å². The van der Waals surface area contributed by atoms with Crippen molar-refractivity contribution in [2.45, 2.75) is 52.5 Å². The van der Waals surface area contributed by atoms with Crippen molar-refractivity contribution in [2.24, 2.45) is 5.92 Å². The summed E-state index contributed by atoms with van der Waals surface area (Å²) in [6.07, 6.45) is 1.76. The highest BCUT2D eigenvalue weighted by atomic mass is 16.5. The lowest BCUT2D eigenvalue weighted by Gasteiger charge is -2.27. The smallest absolute Gasteiger partial charge is 0.305 e. The molecule has 0 saturated carbocycles. The number of ether oxygens (including phenoxy) is 2. The van der Waals surface area contributed by atoms with Gasteiger partial charge in [0.1, 0.15) is 5.75 Å². The Balaban J connectivity index is 1.33. The number of hydrogen-bond donors (Lipinski definition) is 2. The standard InChI is InChI=1S/C35H44N2O5/c1-25(2)28-10-12-29(13-11-28)33-15-14-32(22-31(33)23-37-18-20-41-21-19-37)42-24-26(3)4-5-27-6-8-30(9-7-27)35(40)36-17-16-34(38)39/h6-15,22,25-26H,4-5,16-21,23-24H2,1-3H3,(H,36,40)(H,38,39). The van der Waals surface area contributed by atoms with Gasteiger partial charge in [-0.3, -0.25) is 14.5 Å². The van der Waals surface area contributed by atoms with Gasteiger partial charge in [0.05, 0.1) is 26.2 Å². The highest BCUT2D eigenvalue weighted by Gasteiger charge is 2.16. The van der Waals surface area contributed by atoms with Crippen LogP contribution in [0.5, 0.6) is 5.75 Å². The minimum Gasteiger partial charge on any atom is -0.493 e. The number of nitrogens with zero attached hydrogens (tertiary/aromatic N) is 1. The molecule has 7 heteroatoms. The van der Waals surface area contributed by atoms with Crippen LogP contribution in [0.2, 0.25) is 0 Å². The first-order valence-corrected chi connectivity index (χ1v) is 15.0. The Labute approximate surface area is 249 Å².